The fraction of sp³-hybridized carbons (Fsp3) is 0.258. The van der Waals surface area contributed by atoms with Gasteiger partial charge in [0.2, 0.25) is 5.91 Å². The number of fused-ring (bicyclic) bond motifs is 1. The SMILES string of the molecule is COC(=O)Nc1ccc(S)c([C@H]2CCCN2C(=O)[C@@H](Nc2ccc3c(N)nccc3c2)c2ccc(OC)c(OC)c2)c1. The Balaban J connectivity index is 1.53. The largest absolute Gasteiger partial charge is 0.493 e. The molecule has 0 bridgehead atoms. The second-order valence-electron chi connectivity index (χ2n) is 9.90. The summed E-state index contributed by atoms with van der Waals surface area (Å²) in [6.45, 7) is 0.566. The Kier molecular flexibility index (Phi) is 8.58. The number of likely N-dealkylation sites (tertiary alicyclic amines) is 1. The molecule has 42 heavy (non-hydrogen) atoms. The van der Waals surface area contributed by atoms with Crippen LogP contribution in [0.3, 0.4) is 0 Å². The molecule has 2 heterocycles. The highest BCUT2D eigenvalue weighted by Crippen LogP contribution is 2.40. The van der Waals surface area contributed by atoms with E-state index in [1.807, 2.05) is 53.4 Å². The van der Waals surface area contributed by atoms with Crippen molar-refractivity contribution in [3.8, 4) is 11.5 Å². The molecule has 4 N–H and O–H groups in total. The summed E-state index contributed by atoms with van der Waals surface area (Å²) in [6, 6.07) is 17.5. The van der Waals surface area contributed by atoms with E-state index in [0.29, 0.717) is 35.1 Å². The topological polar surface area (TPSA) is 128 Å². The van der Waals surface area contributed by atoms with E-state index in [1.165, 1.54) is 7.11 Å². The number of nitrogens with zero attached hydrogens (tertiary/aromatic N) is 2. The van der Waals surface area contributed by atoms with Crippen molar-refractivity contribution in [2.24, 2.45) is 0 Å². The van der Waals surface area contributed by atoms with E-state index < -0.39 is 12.1 Å². The molecule has 1 aliphatic rings. The molecule has 4 aromatic rings. The fourth-order valence-corrected chi connectivity index (χ4v) is 5.65. The number of hydrogen-bond acceptors (Lipinski definition) is 9. The highest BCUT2D eigenvalue weighted by atomic mass is 32.1. The smallest absolute Gasteiger partial charge is 0.411 e. The number of carbonyl (C=O) groups excluding carboxylic acids is 2. The number of pyridine rings is 1. The first-order chi connectivity index (χ1) is 20.3. The van der Waals surface area contributed by atoms with Gasteiger partial charge in [0, 0.05) is 34.4 Å². The van der Waals surface area contributed by atoms with Crippen molar-refractivity contribution >= 4 is 52.6 Å². The first-order valence-corrected chi connectivity index (χ1v) is 13.9. The van der Waals surface area contributed by atoms with E-state index in [-0.39, 0.29) is 11.9 Å². The number of nitrogen functional groups attached to an aromatic ring is 1. The van der Waals surface area contributed by atoms with Crippen molar-refractivity contribution in [1.82, 2.24) is 9.88 Å². The highest BCUT2D eigenvalue weighted by Gasteiger charge is 2.36. The molecule has 0 saturated carbocycles. The van der Waals surface area contributed by atoms with Gasteiger partial charge in [-0.05, 0) is 84.0 Å². The normalized spacial score (nSPS) is 15.2. The first kappa shape index (κ1) is 28.9. The summed E-state index contributed by atoms with van der Waals surface area (Å²) in [5, 5.41) is 7.90. The standard InChI is InChI=1S/C31H33N5O5S/c1-39-25-10-6-19(16-26(25)40-2)28(34-20-7-9-22-18(15-20)12-13-33-29(22)32)30(37)36-14-4-5-24(36)23-17-21(8-11-27(23)42)35-31(38)41-3/h6-13,15-17,24,28,34,42H,4-5,14H2,1-3H3,(H2,32,33)(H,35,38)/t24-,28+/m1/s1. The van der Waals surface area contributed by atoms with Gasteiger partial charge in [0.15, 0.2) is 11.5 Å². The summed E-state index contributed by atoms with van der Waals surface area (Å²) < 4.78 is 15.7. The maximum Gasteiger partial charge on any atom is 0.411 e. The predicted octanol–water partition coefficient (Wildman–Crippen LogP) is 5.82. The third-order valence-corrected chi connectivity index (χ3v) is 7.86. The van der Waals surface area contributed by atoms with Crippen LogP contribution in [0, 0.1) is 0 Å². The number of thiol groups is 1. The van der Waals surface area contributed by atoms with E-state index in [4.69, 9.17) is 32.6 Å². The molecule has 10 nitrogen and oxygen atoms in total. The number of anilines is 3. The van der Waals surface area contributed by atoms with Crippen LogP contribution < -0.4 is 25.8 Å². The Hall–Kier alpha value is -4.64. The van der Waals surface area contributed by atoms with Gasteiger partial charge in [-0.25, -0.2) is 9.78 Å². The van der Waals surface area contributed by atoms with Gasteiger partial charge in [-0.15, -0.1) is 12.6 Å². The Morgan fingerprint density at radius 1 is 1.00 bits per heavy atom. The Morgan fingerprint density at radius 3 is 2.55 bits per heavy atom. The Bertz CT molecular complexity index is 1630. The number of benzene rings is 3. The van der Waals surface area contributed by atoms with E-state index >= 15 is 0 Å². The van der Waals surface area contributed by atoms with Crippen LogP contribution in [-0.2, 0) is 9.53 Å². The zero-order valence-electron chi connectivity index (χ0n) is 23.6. The zero-order chi connectivity index (χ0) is 29.8. The van der Waals surface area contributed by atoms with Crippen molar-refractivity contribution in [3.63, 3.8) is 0 Å². The summed E-state index contributed by atoms with van der Waals surface area (Å²) in [5.74, 6) is 1.41. The van der Waals surface area contributed by atoms with Crippen LogP contribution in [0.1, 0.15) is 36.1 Å². The summed E-state index contributed by atoms with van der Waals surface area (Å²) in [5.41, 5.74) is 8.93. The molecule has 11 heteroatoms. The third-order valence-electron chi connectivity index (χ3n) is 7.45. The maximum absolute atomic E-state index is 14.5. The molecule has 218 valence electrons. The molecule has 2 amide bonds. The molecule has 3 aromatic carbocycles. The van der Waals surface area contributed by atoms with Crippen LogP contribution in [0.2, 0.25) is 0 Å². The van der Waals surface area contributed by atoms with Crippen LogP contribution in [0.4, 0.5) is 22.0 Å². The average molecular weight is 588 g/mol. The molecule has 0 aliphatic carbocycles. The number of hydrogen-bond donors (Lipinski definition) is 4. The predicted molar refractivity (Wildman–Crippen MR) is 165 cm³/mol. The quantitative estimate of drug-likeness (QED) is 0.190. The van der Waals surface area contributed by atoms with Crippen molar-refractivity contribution in [2.45, 2.75) is 29.8 Å². The lowest BCUT2D eigenvalue weighted by Gasteiger charge is -2.31. The number of carbonyl (C=O) groups is 2. The van der Waals surface area contributed by atoms with Crippen molar-refractivity contribution in [3.05, 3.63) is 78.0 Å². The average Bonchev–Trinajstić information content (AvgIpc) is 3.50. The first-order valence-electron chi connectivity index (χ1n) is 13.4. The van der Waals surface area contributed by atoms with E-state index in [0.717, 1.165) is 39.8 Å². The lowest BCUT2D eigenvalue weighted by atomic mass is 10.00. The van der Waals surface area contributed by atoms with Gasteiger partial charge in [0.25, 0.3) is 0 Å². The Morgan fingerprint density at radius 2 is 1.79 bits per heavy atom. The second-order valence-corrected chi connectivity index (χ2v) is 10.4. The number of rotatable bonds is 8. The van der Waals surface area contributed by atoms with Gasteiger partial charge in [-0.2, -0.15) is 0 Å². The molecular formula is C31H33N5O5S. The Labute approximate surface area is 249 Å². The molecule has 1 fully saturated rings. The number of nitrogens with two attached hydrogens (primary N) is 1. The maximum atomic E-state index is 14.5. The van der Waals surface area contributed by atoms with Gasteiger partial charge in [-0.1, -0.05) is 6.07 Å². The lowest BCUT2D eigenvalue weighted by molar-refractivity contribution is -0.133. The number of amides is 2. The zero-order valence-corrected chi connectivity index (χ0v) is 24.5. The van der Waals surface area contributed by atoms with Crippen molar-refractivity contribution in [1.29, 1.82) is 0 Å². The molecule has 1 aromatic heterocycles. The van der Waals surface area contributed by atoms with E-state index in [9.17, 15) is 9.59 Å². The van der Waals surface area contributed by atoms with E-state index in [1.54, 1.807) is 32.5 Å². The molecule has 0 unspecified atom stereocenters. The fourth-order valence-electron chi connectivity index (χ4n) is 5.37. The summed E-state index contributed by atoms with van der Waals surface area (Å²) in [4.78, 5) is 33.1. The van der Waals surface area contributed by atoms with Gasteiger partial charge in [0.1, 0.15) is 11.9 Å². The van der Waals surface area contributed by atoms with E-state index in [2.05, 4.69) is 15.6 Å². The lowest BCUT2D eigenvalue weighted by Crippen LogP contribution is -2.37. The van der Waals surface area contributed by atoms with Gasteiger partial charge >= 0.3 is 6.09 Å². The minimum Gasteiger partial charge on any atom is -0.493 e. The molecule has 1 aliphatic heterocycles. The molecule has 1 saturated heterocycles. The number of nitrogens with one attached hydrogen (secondary N) is 2. The molecular weight excluding hydrogens is 554 g/mol. The molecule has 5 rings (SSSR count). The van der Waals surface area contributed by atoms with Crippen LogP contribution in [0.25, 0.3) is 10.8 Å². The van der Waals surface area contributed by atoms with Crippen molar-refractivity contribution < 1.29 is 23.8 Å². The van der Waals surface area contributed by atoms with Gasteiger partial charge < -0.3 is 30.2 Å². The summed E-state index contributed by atoms with van der Waals surface area (Å²) in [6.07, 6.45) is 2.66. The molecule has 0 radical (unpaired) electrons. The molecule has 0 spiro atoms. The number of methoxy groups -OCH3 is 3. The summed E-state index contributed by atoms with van der Waals surface area (Å²) in [7, 11) is 4.44. The monoisotopic (exact) mass is 587 g/mol. The molecule has 2 atom stereocenters. The number of aromatic nitrogens is 1. The third kappa shape index (κ3) is 5.87. The van der Waals surface area contributed by atoms with Crippen molar-refractivity contribution in [2.75, 3.05) is 44.2 Å². The summed E-state index contributed by atoms with van der Waals surface area (Å²) >= 11 is 4.69. The van der Waals surface area contributed by atoms with Gasteiger partial charge in [0.05, 0.1) is 27.4 Å². The van der Waals surface area contributed by atoms with Gasteiger partial charge in [-0.3, -0.25) is 10.1 Å². The highest BCUT2D eigenvalue weighted by molar-refractivity contribution is 7.80. The minimum absolute atomic E-state index is 0.113. The van der Waals surface area contributed by atoms with Crippen LogP contribution in [-0.4, -0.2) is 49.8 Å². The van der Waals surface area contributed by atoms with Crippen LogP contribution in [0.5, 0.6) is 11.5 Å². The second kappa shape index (κ2) is 12.5. The van der Waals surface area contributed by atoms with Crippen LogP contribution >= 0.6 is 12.6 Å². The van der Waals surface area contributed by atoms with Crippen LogP contribution in [0.15, 0.2) is 71.8 Å². The number of ether oxygens (including phenoxy) is 3. The minimum atomic E-state index is -0.748.